The Labute approximate surface area is 369 Å². The molecule has 6 fully saturated rings. The third-order valence-electron chi connectivity index (χ3n) is 16.5. The van der Waals surface area contributed by atoms with Crippen molar-refractivity contribution in [2.75, 3.05) is 48.1 Å². The number of hydrogen-bond acceptors (Lipinski definition) is 12. The minimum atomic E-state index is -1.85. The van der Waals surface area contributed by atoms with E-state index >= 15 is 0 Å². The van der Waals surface area contributed by atoms with E-state index < -0.39 is 88.3 Å². The lowest BCUT2D eigenvalue weighted by molar-refractivity contribution is -0.323. The molecular weight excluding hydrogens is 791 g/mol. The number of nitrogens with zero attached hydrogens (tertiary/aromatic N) is 1. The predicted molar refractivity (Wildman–Crippen MR) is 234 cm³/mol. The Morgan fingerprint density at radius 2 is 1.53 bits per heavy atom. The first kappa shape index (κ1) is 47.3. The summed E-state index contributed by atoms with van der Waals surface area (Å²) >= 11 is 0. The zero-order chi connectivity index (χ0) is 44.3. The molecule has 7 rings (SSSR count). The van der Waals surface area contributed by atoms with Gasteiger partial charge in [0.2, 0.25) is 0 Å². The van der Waals surface area contributed by atoms with E-state index in [1.54, 1.807) is 45.6 Å². The van der Waals surface area contributed by atoms with Crippen LogP contribution in [0.2, 0.25) is 0 Å². The van der Waals surface area contributed by atoms with Crippen LogP contribution in [0.15, 0.2) is 54.6 Å². The van der Waals surface area contributed by atoms with Gasteiger partial charge in [-0.25, -0.2) is 4.79 Å². The first-order chi connectivity index (χ1) is 30.0. The number of aliphatic hydroxyl groups is 3. The third-order valence-corrected chi connectivity index (χ3v) is 16.5. The zero-order valence-corrected chi connectivity index (χ0v) is 38.1. The van der Waals surface area contributed by atoms with Crippen molar-refractivity contribution in [2.45, 2.75) is 158 Å². The van der Waals surface area contributed by atoms with Crippen LogP contribution in [0.4, 0.5) is 0 Å². The van der Waals surface area contributed by atoms with Crippen LogP contribution in [0.25, 0.3) is 0 Å². The van der Waals surface area contributed by atoms with Crippen LogP contribution in [0.5, 0.6) is 0 Å². The SMILES string of the molecule is CCCCC/C=C\C/C=C\CCCCCCCC(=O)O[C@@]12C3C4N(CC)C[C@]5(COC)[C@H](O)C[C@H](OC)C4([C@@H]4C[C@@](O)(C(OC(=O)c6ccccc6)[C@@H]41)[C@@H](OC)[C@@H]2O)[C@@H]5[C@H]3OC. The van der Waals surface area contributed by atoms with Crippen molar-refractivity contribution in [3.8, 4) is 0 Å². The highest BCUT2D eigenvalue weighted by Gasteiger charge is 2.92. The Balaban J connectivity index is 1.20. The average molecular weight is 866 g/mol. The molecule has 0 aromatic heterocycles. The van der Waals surface area contributed by atoms with Crippen LogP contribution in [0, 0.1) is 34.5 Å². The summed E-state index contributed by atoms with van der Waals surface area (Å²) in [6.07, 6.45) is 15.2. The molecule has 346 valence electrons. The van der Waals surface area contributed by atoms with E-state index in [9.17, 15) is 24.9 Å². The van der Waals surface area contributed by atoms with E-state index in [4.69, 9.17) is 28.4 Å². The predicted octanol–water partition coefficient (Wildman–Crippen LogP) is 6.44. The van der Waals surface area contributed by atoms with Crippen LogP contribution < -0.4 is 0 Å². The van der Waals surface area contributed by atoms with Crippen LogP contribution in [0.1, 0.15) is 114 Å². The van der Waals surface area contributed by atoms with E-state index in [1.165, 1.54) is 26.4 Å². The third kappa shape index (κ3) is 7.54. The Hall–Kier alpha value is -2.68. The van der Waals surface area contributed by atoms with Gasteiger partial charge in [0, 0.05) is 82.5 Å². The van der Waals surface area contributed by atoms with Gasteiger partial charge in [-0.2, -0.15) is 0 Å². The molecule has 62 heavy (non-hydrogen) atoms. The summed E-state index contributed by atoms with van der Waals surface area (Å²) in [5, 5.41) is 38.4. The standard InChI is InChI=1S/C50H75NO11/c1-7-9-10-11-12-13-14-15-16-17-18-19-20-21-25-28-37(53)62-50-38-34(30-48(56,45(60-6)43(50)54)44(38)61-46(55)33-26-23-22-24-27-33)49-36(58-4)29-35(52)47(32-57-3)31-51(8-2)42(49)39(50)40(59-5)41(47)49/h12-13,15-16,22-24,26-27,34-36,38-45,52,54,56H,7-11,14,17-21,25,28-32H2,1-6H3/b13-12-,16-15-/t34-,35-,36+,38-,39?,40+,41-,42?,43+,44?,45+,47+,48-,49?,50-/m1/s1. The first-order valence-electron chi connectivity index (χ1n) is 23.7. The molecule has 15 atom stereocenters. The second-order valence-electron chi connectivity index (χ2n) is 19.3. The summed E-state index contributed by atoms with van der Waals surface area (Å²) in [6.45, 7) is 5.63. The summed E-state index contributed by atoms with van der Waals surface area (Å²) in [7, 11) is 6.40. The van der Waals surface area contributed by atoms with E-state index in [-0.39, 0.29) is 31.4 Å². The highest BCUT2D eigenvalue weighted by molar-refractivity contribution is 5.89. The molecule has 1 aromatic rings. The lowest BCUT2D eigenvalue weighted by Crippen LogP contribution is -2.81. The van der Waals surface area contributed by atoms with Gasteiger partial charge in [0.05, 0.1) is 30.5 Å². The van der Waals surface area contributed by atoms with E-state index in [0.29, 0.717) is 31.5 Å². The summed E-state index contributed by atoms with van der Waals surface area (Å²) in [5.74, 6) is -3.53. The smallest absolute Gasteiger partial charge is 0.338 e. The second-order valence-corrected chi connectivity index (χ2v) is 19.3. The Kier molecular flexibility index (Phi) is 15.1. The van der Waals surface area contributed by atoms with Crippen molar-refractivity contribution in [3.05, 3.63) is 60.2 Å². The van der Waals surface area contributed by atoms with Crippen LogP contribution in [-0.2, 0) is 33.2 Å². The number of esters is 2. The quantitative estimate of drug-likeness (QED) is 0.0631. The lowest BCUT2D eigenvalue weighted by atomic mass is 9.42. The number of carbonyl (C=O) groups is 2. The second kappa shape index (κ2) is 19.8. The van der Waals surface area contributed by atoms with E-state index in [2.05, 4.69) is 43.1 Å². The molecule has 7 bridgehead atoms. The fourth-order valence-electron chi connectivity index (χ4n) is 14.4. The molecule has 6 aliphatic rings. The van der Waals surface area contributed by atoms with E-state index in [1.807, 2.05) is 6.07 Å². The number of benzene rings is 1. The monoisotopic (exact) mass is 866 g/mol. The molecule has 0 amide bonds. The van der Waals surface area contributed by atoms with Crippen LogP contribution in [-0.4, -0.2) is 134 Å². The molecule has 1 aromatic carbocycles. The molecule has 5 saturated carbocycles. The number of allylic oxidation sites excluding steroid dienone is 4. The van der Waals surface area contributed by atoms with Gasteiger partial charge in [0.15, 0.2) is 5.60 Å². The molecule has 1 heterocycles. The number of methoxy groups -OCH3 is 4. The number of carbonyl (C=O) groups excluding carboxylic acids is 2. The highest BCUT2D eigenvalue weighted by atomic mass is 16.6. The minimum Gasteiger partial charge on any atom is -0.455 e. The van der Waals surface area contributed by atoms with Gasteiger partial charge >= 0.3 is 11.9 Å². The molecule has 3 N–H and O–H groups in total. The Bertz CT molecular complexity index is 1720. The number of ether oxygens (including phenoxy) is 6. The molecule has 1 saturated heterocycles. The van der Waals surface area contributed by atoms with Gasteiger partial charge in [-0.3, -0.25) is 9.69 Å². The molecule has 12 nitrogen and oxygen atoms in total. The fourth-order valence-corrected chi connectivity index (χ4v) is 14.4. The minimum absolute atomic E-state index is 0.0803. The topological polar surface area (TPSA) is 153 Å². The number of rotatable bonds is 23. The van der Waals surface area contributed by atoms with Gasteiger partial charge in [0.25, 0.3) is 0 Å². The maximum Gasteiger partial charge on any atom is 0.338 e. The number of piperidine rings is 1. The number of hydrogen-bond donors (Lipinski definition) is 3. The molecule has 4 unspecified atom stereocenters. The van der Waals surface area contributed by atoms with Crippen molar-refractivity contribution >= 4 is 11.9 Å². The Morgan fingerprint density at radius 3 is 2.18 bits per heavy atom. The zero-order valence-electron chi connectivity index (χ0n) is 38.1. The van der Waals surface area contributed by atoms with Crippen molar-refractivity contribution < 1.29 is 53.3 Å². The van der Waals surface area contributed by atoms with Gasteiger partial charge in [-0.05, 0) is 69.5 Å². The van der Waals surface area contributed by atoms with Crippen molar-refractivity contribution in [2.24, 2.45) is 34.5 Å². The van der Waals surface area contributed by atoms with Gasteiger partial charge < -0.3 is 43.7 Å². The molecule has 1 aliphatic heterocycles. The Morgan fingerprint density at radius 1 is 0.839 bits per heavy atom. The van der Waals surface area contributed by atoms with E-state index in [0.717, 1.165) is 44.9 Å². The molecule has 0 radical (unpaired) electrons. The molecular formula is C50H75NO11. The largest absolute Gasteiger partial charge is 0.455 e. The summed E-state index contributed by atoms with van der Waals surface area (Å²) < 4.78 is 38.7. The lowest BCUT2D eigenvalue weighted by Gasteiger charge is -2.70. The van der Waals surface area contributed by atoms with Gasteiger partial charge in [-0.1, -0.05) is 88.5 Å². The number of fused-ring (bicyclic) bond motifs is 2. The summed E-state index contributed by atoms with van der Waals surface area (Å²) in [5.41, 5.74) is -4.87. The maximum atomic E-state index is 14.6. The first-order valence-corrected chi connectivity index (χ1v) is 23.7. The molecule has 1 spiro atoms. The number of unbranched alkanes of at least 4 members (excludes halogenated alkanes) is 8. The maximum absolute atomic E-state index is 14.6. The van der Waals surface area contributed by atoms with Crippen molar-refractivity contribution in [3.63, 3.8) is 0 Å². The van der Waals surface area contributed by atoms with Crippen LogP contribution in [0.3, 0.4) is 0 Å². The van der Waals surface area contributed by atoms with Crippen molar-refractivity contribution in [1.82, 2.24) is 4.90 Å². The van der Waals surface area contributed by atoms with Crippen molar-refractivity contribution in [1.29, 1.82) is 0 Å². The van der Waals surface area contributed by atoms with Crippen LogP contribution >= 0.6 is 0 Å². The molecule has 12 heteroatoms. The highest BCUT2D eigenvalue weighted by Crippen LogP contribution is 2.80. The number of aliphatic hydroxyl groups excluding tert-OH is 2. The number of likely N-dealkylation sites (tertiary alicyclic amines) is 1. The average Bonchev–Trinajstić information content (AvgIpc) is 3.65. The molecule has 5 aliphatic carbocycles. The summed E-state index contributed by atoms with van der Waals surface area (Å²) in [6, 6.07) is 8.29. The normalized spacial score (nSPS) is 40.4. The van der Waals surface area contributed by atoms with Gasteiger partial charge in [-0.15, -0.1) is 0 Å². The fraction of sp³-hybridized carbons (Fsp3) is 0.760. The van der Waals surface area contributed by atoms with Gasteiger partial charge in [0.1, 0.15) is 23.9 Å². The summed E-state index contributed by atoms with van der Waals surface area (Å²) in [4.78, 5) is 31.0.